The van der Waals surface area contributed by atoms with E-state index in [1.807, 2.05) is 35.9 Å². The zero-order chi connectivity index (χ0) is 14.8. The van der Waals surface area contributed by atoms with E-state index >= 15 is 0 Å². The topological polar surface area (TPSA) is 76.3 Å². The predicted molar refractivity (Wildman–Crippen MR) is 76.6 cm³/mol. The number of carbonyl (C=O) groups excluding carboxylic acids is 2. The number of nitrogens with zero attached hydrogens (tertiary/aromatic N) is 1. The Labute approximate surface area is 120 Å². The second kappa shape index (κ2) is 5.16. The smallest absolute Gasteiger partial charge is 0.272 e. The van der Waals surface area contributed by atoms with Gasteiger partial charge in [0, 0.05) is 24.1 Å². The highest BCUT2D eigenvalue weighted by atomic mass is 16.3. The fourth-order valence-electron chi connectivity index (χ4n) is 2.17. The first-order valence-electron chi connectivity index (χ1n) is 6.34. The molecule has 0 saturated heterocycles. The number of hydrogen-bond donors (Lipinski definition) is 2. The number of rotatable bonds is 2. The number of furan rings is 1. The lowest BCUT2D eigenvalue weighted by molar-refractivity contribution is 0.0847. The molecule has 6 nitrogen and oxygen atoms in total. The van der Waals surface area contributed by atoms with Crippen molar-refractivity contribution in [3.63, 3.8) is 0 Å². The molecule has 0 aliphatic carbocycles. The van der Waals surface area contributed by atoms with E-state index in [0.717, 1.165) is 10.9 Å². The van der Waals surface area contributed by atoms with Gasteiger partial charge in [-0.15, -0.1) is 0 Å². The largest absolute Gasteiger partial charge is 0.472 e. The molecular weight excluding hydrogens is 270 g/mol. The fraction of sp³-hybridized carbons (Fsp3) is 0.0667. The summed E-state index contributed by atoms with van der Waals surface area (Å²) >= 11 is 0. The predicted octanol–water partition coefficient (Wildman–Crippen LogP) is 1.85. The van der Waals surface area contributed by atoms with Crippen molar-refractivity contribution in [2.75, 3.05) is 0 Å². The number of para-hydroxylation sites is 1. The lowest BCUT2D eigenvalue weighted by Gasteiger charge is -2.05. The Balaban J connectivity index is 1.77. The molecule has 0 fully saturated rings. The molecule has 2 aromatic heterocycles. The Morgan fingerprint density at radius 3 is 2.62 bits per heavy atom. The standard InChI is InChI=1S/C15H13N3O3/c1-18-8-12(11-4-2-3-5-13(11)18)15(20)17-16-14(19)10-6-7-21-9-10/h2-9H,1H3,(H,16,19)(H,17,20). The number of benzene rings is 1. The molecule has 21 heavy (non-hydrogen) atoms. The zero-order valence-corrected chi connectivity index (χ0v) is 11.3. The van der Waals surface area contributed by atoms with E-state index in [2.05, 4.69) is 10.9 Å². The van der Waals surface area contributed by atoms with Crippen molar-refractivity contribution in [3.05, 3.63) is 60.2 Å². The van der Waals surface area contributed by atoms with Gasteiger partial charge in [0.1, 0.15) is 6.26 Å². The maximum Gasteiger partial charge on any atom is 0.272 e. The molecule has 0 bridgehead atoms. The number of hydrazine groups is 1. The molecule has 0 atom stereocenters. The molecule has 2 amide bonds. The van der Waals surface area contributed by atoms with Gasteiger partial charge in [-0.05, 0) is 12.1 Å². The molecule has 1 aromatic carbocycles. The maximum atomic E-state index is 12.2. The first kappa shape index (κ1) is 13.0. The van der Waals surface area contributed by atoms with Gasteiger partial charge in [-0.1, -0.05) is 18.2 Å². The van der Waals surface area contributed by atoms with Gasteiger partial charge in [-0.2, -0.15) is 0 Å². The lowest BCUT2D eigenvalue weighted by atomic mass is 10.2. The summed E-state index contributed by atoms with van der Waals surface area (Å²) in [5.41, 5.74) is 6.54. The van der Waals surface area contributed by atoms with Crippen molar-refractivity contribution in [1.82, 2.24) is 15.4 Å². The van der Waals surface area contributed by atoms with Crippen LogP contribution in [-0.4, -0.2) is 16.4 Å². The van der Waals surface area contributed by atoms with E-state index in [1.165, 1.54) is 18.6 Å². The number of nitrogens with one attached hydrogen (secondary N) is 2. The molecular formula is C15H13N3O3. The van der Waals surface area contributed by atoms with Crippen molar-refractivity contribution in [1.29, 1.82) is 0 Å². The minimum Gasteiger partial charge on any atom is -0.472 e. The average Bonchev–Trinajstić information content (AvgIpc) is 3.13. The van der Waals surface area contributed by atoms with Crippen molar-refractivity contribution < 1.29 is 14.0 Å². The molecule has 0 saturated carbocycles. The van der Waals surface area contributed by atoms with Gasteiger partial charge in [-0.25, -0.2) is 0 Å². The molecule has 2 heterocycles. The Morgan fingerprint density at radius 2 is 1.86 bits per heavy atom. The van der Waals surface area contributed by atoms with Gasteiger partial charge < -0.3 is 8.98 Å². The molecule has 2 N–H and O–H groups in total. The van der Waals surface area contributed by atoms with E-state index in [0.29, 0.717) is 11.1 Å². The normalized spacial score (nSPS) is 10.5. The van der Waals surface area contributed by atoms with Gasteiger partial charge in [-0.3, -0.25) is 20.4 Å². The van der Waals surface area contributed by atoms with E-state index < -0.39 is 5.91 Å². The maximum absolute atomic E-state index is 12.2. The third kappa shape index (κ3) is 2.38. The van der Waals surface area contributed by atoms with Gasteiger partial charge in [0.25, 0.3) is 11.8 Å². The van der Waals surface area contributed by atoms with Crippen molar-refractivity contribution >= 4 is 22.7 Å². The summed E-state index contributed by atoms with van der Waals surface area (Å²) in [6.07, 6.45) is 4.42. The van der Waals surface area contributed by atoms with Crippen LogP contribution in [0.5, 0.6) is 0 Å². The Hall–Kier alpha value is -3.02. The molecule has 3 aromatic rings. The number of amides is 2. The Morgan fingerprint density at radius 1 is 1.10 bits per heavy atom. The molecule has 0 radical (unpaired) electrons. The third-order valence-corrected chi connectivity index (χ3v) is 3.21. The zero-order valence-electron chi connectivity index (χ0n) is 11.3. The van der Waals surface area contributed by atoms with Crippen LogP contribution in [0.2, 0.25) is 0 Å². The van der Waals surface area contributed by atoms with Crippen LogP contribution in [0.1, 0.15) is 20.7 Å². The summed E-state index contributed by atoms with van der Waals surface area (Å²) in [5, 5.41) is 0.829. The number of fused-ring (bicyclic) bond motifs is 1. The summed E-state index contributed by atoms with van der Waals surface area (Å²) in [5.74, 6) is -0.805. The highest BCUT2D eigenvalue weighted by Gasteiger charge is 2.14. The van der Waals surface area contributed by atoms with Gasteiger partial charge in [0.2, 0.25) is 0 Å². The molecule has 3 rings (SSSR count). The minimum absolute atomic E-state index is 0.341. The second-order valence-corrected chi connectivity index (χ2v) is 4.59. The molecule has 0 aliphatic rings. The second-order valence-electron chi connectivity index (χ2n) is 4.59. The fourth-order valence-corrected chi connectivity index (χ4v) is 2.17. The van der Waals surface area contributed by atoms with Crippen molar-refractivity contribution in [3.8, 4) is 0 Å². The summed E-state index contributed by atoms with van der Waals surface area (Å²) in [4.78, 5) is 23.9. The van der Waals surface area contributed by atoms with Crippen LogP contribution >= 0.6 is 0 Å². The summed E-state index contributed by atoms with van der Waals surface area (Å²) in [7, 11) is 1.86. The van der Waals surface area contributed by atoms with E-state index in [4.69, 9.17) is 4.42 Å². The van der Waals surface area contributed by atoms with Gasteiger partial charge in [0.15, 0.2) is 0 Å². The SMILES string of the molecule is Cn1cc(C(=O)NNC(=O)c2ccoc2)c2ccccc21. The Kier molecular flexibility index (Phi) is 3.19. The molecule has 0 aliphatic heterocycles. The van der Waals surface area contributed by atoms with Crippen LogP contribution in [0, 0.1) is 0 Å². The number of aryl methyl sites for hydroxylation is 1. The highest BCUT2D eigenvalue weighted by molar-refractivity contribution is 6.07. The van der Waals surface area contributed by atoms with Crippen LogP contribution in [-0.2, 0) is 7.05 Å². The highest BCUT2D eigenvalue weighted by Crippen LogP contribution is 2.19. The van der Waals surface area contributed by atoms with E-state index in [1.54, 1.807) is 6.20 Å². The molecule has 0 unspecified atom stereocenters. The Bertz CT molecular complexity index is 803. The number of hydrogen-bond acceptors (Lipinski definition) is 3. The van der Waals surface area contributed by atoms with Crippen LogP contribution < -0.4 is 10.9 Å². The summed E-state index contributed by atoms with van der Waals surface area (Å²) < 4.78 is 6.67. The van der Waals surface area contributed by atoms with Crippen LogP contribution in [0.15, 0.2) is 53.5 Å². The first-order valence-corrected chi connectivity index (χ1v) is 6.34. The minimum atomic E-state index is -0.433. The number of carbonyl (C=O) groups is 2. The first-order chi connectivity index (χ1) is 10.2. The van der Waals surface area contributed by atoms with Gasteiger partial charge >= 0.3 is 0 Å². The quantitative estimate of drug-likeness (QED) is 0.705. The van der Waals surface area contributed by atoms with Crippen LogP contribution in [0.4, 0.5) is 0 Å². The third-order valence-electron chi connectivity index (χ3n) is 3.21. The molecule has 0 spiro atoms. The van der Waals surface area contributed by atoms with Gasteiger partial charge in [0.05, 0.1) is 17.4 Å². The van der Waals surface area contributed by atoms with Crippen LogP contribution in [0.3, 0.4) is 0 Å². The number of aromatic nitrogens is 1. The van der Waals surface area contributed by atoms with E-state index in [9.17, 15) is 9.59 Å². The van der Waals surface area contributed by atoms with Crippen molar-refractivity contribution in [2.45, 2.75) is 0 Å². The lowest BCUT2D eigenvalue weighted by Crippen LogP contribution is -2.41. The molecule has 106 valence electrons. The summed E-state index contributed by atoms with van der Waals surface area (Å²) in [6.45, 7) is 0. The average molecular weight is 283 g/mol. The van der Waals surface area contributed by atoms with Crippen molar-refractivity contribution in [2.24, 2.45) is 7.05 Å². The molecule has 6 heteroatoms. The van der Waals surface area contributed by atoms with E-state index in [-0.39, 0.29) is 5.91 Å². The summed E-state index contributed by atoms with van der Waals surface area (Å²) in [6, 6.07) is 9.07. The monoisotopic (exact) mass is 283 g/mol. The van der Waals surface area contributed by atoms with Crippen LogP contribution in [0.25, 0.3) is 10.9 Å².